The molecule has 3 aromatic carbocycles. The van der Waals surface area contributed by atoms with Crippen LogP contribution < -0.4 is 14.4 Å². The van der Waals surface area contributed by atoms with E-state index in [0.29, 0.717) is 60.1 Å². The Hall–Kier alpha value is -4.48. The number of urea groups is 1. The van der Waals surface area contributed by atoms with Crippen LogP contribution in [0, 0.1) is 0 Å². The average Bonchev–Trinajstić information content (AvgIpc) is 2.97. The Bertz CT molecular complexity index is 1520. The number of nitrogens with one attached hydrogen (secondary N) is 1. The highest BCUT2D eigenvalue weighted by atomic mass is 32.2. The van der Waals surface area contributed by atoms with Crippen molar-refractivity contribution in [2.45, 2.75) is 0 Å². The molecule has 0 radical (unpaired) electrons. The van der Waals surface area contributed by atoms with Crippen molar-refractivity contribution in [3.63, 3.8) is 0 Å². The maximum absolute atomic E-state index is 13.2. The highest BCUT2D eigenvalue weighted by molar-refractivity contribution is 7.81. The highest BCUT2D eigenvalue weighted by Gasteiger charge is 2.26. The number of para-hydroxylation sites is 1. The zero-order valence-corrected chi connectivity index (χ0v) is 22.0. The number of methoxy groups -OCH3 is 1. The molecule has 0 spiro atoms. The fourth-order valence-corrected chi connectivity index (χ4v) is 5.12. The molecule has 10 nitrogen and oxygen atoms in total. The second-order valence-electron chi connectivity index (χ2n) is 8.87. The Morgan fingerprint density at radius 3 is 2.36 bits per heavy atom. The average molecular weight is 546 g/mol. The van der Waals surface area contributed by atoms with Gasteiger partial charge in [-0.1, -0.05) is 24.3 Å². The summed E-state index contributed by atoms with van der Waals surface area (Å²) in [4.78, 5) is 33.6. The van der Waals surface area contributed by atoms with Crippen LogP contribution in [0.15, 0.2) is 85.1 Å². The minimum Gasteiger partial charge on any atom is -0.497 e. The molecule has 1 aliphatic rings. The number of amides is 3. The molecule has 0 saturated carbocycles. The minimum absolute atomic E-state index is 0.169. The van der Waals surface area contributed by atoms with Crippen molar-refractivity contribution in [2.75, 3.05) is 42.9 Å². The lowest BCUT2D eigenvalue weighted by molar-refractivity contribution is 0.0671. The second kappa shape index (κ2) is 11.5. The van der Waals surface area contributed by atoms with Gasteiger partial charge in [-0.25, -0.2) is 13.3 Å². The Balaban J connectivity index is 1.24. The number of carbonyl (C=O) groups excluding carboxylic acids is 2. The van der Waals surface area contributed by atoms with Crippen molar-refractivity contribution in [3.05, 3.63) is 90.6 Å². The molecule has 0 bridgehead atoms. The molecular weight excluding hydrogens is 518 g/mol. The van der Waals surface area contributed by atoms with E-state index in [2.05, 4.69) is 10.3 Å². The van der Waals surface area contributed by atoms with Crippen molar-refractivity contribution in [3.8, 4) is 5.75 Å². The molecule has 1 atom stereocenters. The number of anilines is 3. The van der Waals surface area contributed by atoms with E-state index < -0.39 is 11.3 Å². The molecule has 2 heterocycles. The first-order chi connectivity index (χ1) is 18.9. The Labute approximate surface area is 228 Å². The monoisotopic (exact) mass is 545 g/mol. The van der Waals surface area contributed by atoms with Gasteiger partial charge in [0.05, 0.1) is 24.0 Å². The van der Waals surface area contributed by atoms with Crippen molar-refractivity contribution in [2.24, 2.45) is 0 Å². The molecule has 1 aliphatic heterocycles. The Morgan fingerprint density at radius 2 is 1.64 bits per heavy atom. The van der Waals surface area contributed by atoms with Gasteiger partial charge in [0.15, 0.2) is 0 Å². The Kier molecular flexibility index (Phi) is 7.71. The van der Waals surface area contributed by atoms with Crippen LogP contribution in [0.25, 0.3) is 10.9 Å². The van der Waals surface area contributed by atoms with Gasteiger partial charge in [0.1, 0.15) is 5.75 Å². The van der Waals surface area contributed by atoms with Crippen LogP contribution in [0.3, 0.4) is 0 Å². The van der Waals surface area contributed by atoms with Crippen molar-refractivity contribution in [1.29, 1.82) is 0 Å². The number of nitrogens with zero attached hydrogens (tertiary/aromatic N) is 4. The summed E-state index contributed by atoms with van der Waals surface area (Å²) in [5.41, 5.74) is 2.61. The first-order valence-electron chi connectivity index (χ1n) is 12.3. The van der Waals surface area contributed by atoms with Crippen LogP contribution in [-0.4, -0.2) is 68.8 Å². The molecular formula is C28H27N5O5S. The van der Waals surface area contributed by atoms with E-state index in [0.717, 1.165) is 5.39 Å². The fourth-order valence-electron chi connectivity index (χ4n) is 4.50. The van der Waals surface area contributed by atoms with Gasteiger partial charge in [-0.3, -0.25) is 14.3 Å². The third kappa shape index (κ3) is 5.69. The predicted octanol–water partition coefficient (Wildman–Crippen LogP) is 4.51. The first kappa shape index (κ1) is 26.1. The zero-order chi connectivity index (χ0) is 27.4. The van der Waals surface area contributed by atoms with Crippen molar-refractivity contribution < 1.29 is 23.1 Å². The summed E-state index contributed by atoms with van der Waals surface area (Å²) < 4.78 is 28.9. The quantitative estimate of drug-likeness (QED) is 0.345. The molecule has 1 aromatic heterocycles. The van der Waals surface area contributed by atoms with Gasteiger partial charge < -0.3 is 19.9 Å². The van der Waals surface area contributed by atoms with Gasteiger partial charge in [0.2, 0.25) is 0 Å². The van der Waals surface area contributed by atoms with Gasteiger partial charge in [0, 0.05) is 55.1 Å². The molecule has 11 heteroatoms. The number of aromatic nitrogens is 1. The SMILES string of the molecule is COc1cccc(NC(=O)N2CCN(C(=O)c3ccc(N(c4cccc5cccnc45)S(=O)O)cc3)CC2)c1. The number of hydrogen-bond donors (Lipinski definition) is 2. The molecule has 0 aliphatic carbocycles. The number of fused-ring (bicyclic) bond motifs is 1. The van der Waals surface area contributed by atoms with Gasteiger partial charge in [-0.2, -0.15) is 0 Å². The van der Waals surface area contributed by atoms with E-state index in [4.69, 9.17) is 4.74 Å². The molecule has 3 amide bonds. The number of hydrogen-bond acceptors (Lipinski definition) is 5. The Morgan fingerprint density at radius 1 is 0.949 bits per heavy atom. The van der Waals surface area contributed by atoms with Crippen LogP contribution in [0.1, 0.15) is 10.4 Å². The van der Waals surface area contributed by atoms with Crippen LogP contribution in [0.5, 0.6) is 5.75 Å². The summed E-state index contributed by atoms with van der Waals surface area (Å²) >= 11 is -2.36. The normalized spacial score (nSPS) is 14.1. The summed E-state index contributed by atoms with van der Waals surface area (Å²) in [6.07, 6.45) is 1.63. The van der Waals surface area contributed by atoms with Crippen molar-refractivity contribution >= 4 is 51.2 Å². The lowest BCUT2D eigenvalue weighted by Gasteiger charge is -2.34. The number of ether oxygens (including phenoxy) is 1. The number of carbonyl (C=O) groups is 2. The molecule has 39 heavy (non-hydrogen) atoms. The summed E-state index contributed by atoms with van der Waals surface area (Å²) in [5, 5.41) is 3.70. The largest absolute Gasteiger partial charge is 0.497 e. The smallest absolute Gasteiger partial charge is 0.321 e. The van der Waals surface area contributed by atoms with Crippen molar-refractivity contribution in [1.82, 2.24) is 14.8 Å². The molecule has 1 saturated heterocycles. The fraction of sp³-hybridized carbons (Fsp3) is 0.179. The number of rotatable bonds is 6. The van der Waals surface area contributed by atoms with Crippen LogP contribution in [0.4, 0.5) is 21.9 Å². The van der Waals surface area contributed by atoms with E-state index in [1.807, 2.05) is 12.1 Å². The second-order valence-corrected chi connectivity index (χ2v) is 9.69. The van der Waals surface area contributed by atoms with Gasteiger partial charge in [-0.05, 0) is 48.5 Å². The number of pyridine rings is 1. The molecule has 2 N–H and O–H groups in total. The van der Waals surface area contributed by atoms with E-state index in [9.17, 15) is 18.4 Å². The first-order valence-corrected chi connectivity index (χ1v) is 13.3. The number of benzene rings is 3. The molecule has 4 aromatic rings. The summed E-state index contributed by atoms with van der Waals surface area (Å²) in [7, 11) is 1.57. The molecule has 1 fully saturated rings. The predicted molar refractivity (Wildman–Crippen MR) is 151 cm³/mol. The highest BCUT2D eigenvalue weighted by Crippen LogP contribution is 2.32. The lowest BCUT2D eigenvalue weighted by Crippen LogP contribution is -2.51. The summed E-state index contributed by atoms with van der Waals surface area (Å²) in [6, 6.07) is 22.5. The maximum Gasteiger partial charge on any atom is 0.321 e. The minimum atomic E-state index is -2.36. The van der Waals surface area contributed by atoms with Crippen LogP contribution in [-0.2, 0) is 11.3 Å². The van der Waals surface area contributed by atoms with E-state index in [1.54, 1.807) is 89.8 Å². The lowest BCUT2D eigenvalue weighted by atomic mass is 10.1. The molecule has 200 valence electrons. The molecule has 1 unspecified atom stereocenters. The van der Waals surface area contributed by atoms with Crippen LogP contribution >= 0.6 is 0 Å². The van der Waals surface area contributed by atoms with Gasteiger partial charge >= 0.3 is 6.03 Å². The van der Waals surface area contributed by atoms with Gasteiger partial charge in [-0.15, -0.1) is 0 Å². The topological polar surface area (TPSA) is 115 Å². The van der Waals surface area contributed by atoms with E-state index in [1.165, 1.54) is 4.31 Å². The maximum atomic E-state index is 13.2. The van der Waals surface area contributed by atoms with E-state index in [-0.39, 0.29) is 11.9 Å². The standard InChI is InChI=1S/C28H27N5O5S/c1-38-24-8-3-7-22(19-24)30-28(35)32-17-15-31(16-18-32)27(34)21-10-12-23(13-11-21)33(39(36)37)25-9-2-5-20-6-4-14-29-26(20)25/h2-14,19H,15-18H2,1H3,(H,30,35)(H,36,37). The van der Waals surface area contributed by atoms with Gasteiger partial charge in [0.25, 0.3) is 17.2 Å². The number of piperazine rings is 1. The third-order valence-electron chi connectivity index (χ3n) is 6.51. The summed E-state index contributed by atoms with van der Waals surface area (Å²) in [6.45, 7) is 1.57. The molecule has 5 rings (SSSR count). The zero-order valence-electron chi connectivity index (χ0n) is 21.2. The third-order valence-corrected chi connectivity index (χ3v) is 7.23. The van der Waals surface area contributed by atoms with E-state index >= 15 is 0 Å². The van der Waals surface area contributed by atoms with Crippen LogP contribution in [0.2, 0.25) is 0 Å². The summed E-state index contributed by atoms with van der Waals surface area (Å²) in [5.74, 6) is 0.481.